The lowest BCUT2D eigenvalue weighted by molar-refractivity contribution is -0.114. The normalized spacial score (nSPS) is 14.9. The first-order chi connectivity index (χ1) is 16.1. The minimum atomic E-state index is -3.86. The number of ether oxygens (including phenoxy) is 3. The Balaban J connectivity index is 1.81. The van der Waals surface area contributed by atoms with Gasteiger partial charge in [-0.2, -0.15) is 4.31 Å². The molecule has 1 N–H and O–H groups in total. The summed E-state index contributed by atoms with van der Waals surface area (Å²) in [7, 11) is -4.69. The smallest absolute Gasteiger partial charge is 0.245 e. The Bertz CT molecular complexity index is 1230. The highest BCUT2D eigenvalue weighted by Gasteiger charge is 2.27. The topological polar surface area (TPSA) is 132 Å². The molecule has 1 aliphatic rings. The van der Waals surface area contributed by atoms with E-state index in [1.54, 1.807) is 18.2 Å². The second kappa shape index (κ2) is 10.6. The Morgan fingerprint density at radius 2 is 1.68 bits per heavy atom. The van der Waals surface area contributed by atoms with Crippen molar-refractivity contribution >= 4 is 37.3 Å². The minimum absolute atomic E-state index is 0.0252. The zero-order chi connectivity index (χ0) is 24.9. The second-order valence-electron chi connectivity index (χ2n) is 7.39. The summed E-state index contributed by atoms with van der Waals surface area (Å²) in [5, 5.41) is 2.62. The Morgan fingerprint density at radius 3 is 2.24 bits per heavy atom. The number of amides is 1. The first-order valence-corrected chi connectivity index (χ1v) is 13.5. The highest BCUT2D eigenvalue weighted by molar-refractivity contribution is 7.92. The number of anilines is 2. The van der Waals surface area contributed by atoms with Gasteiger partial charge in [0, 0.05) is 19.2 Å². The van der Waals surface area contributed by atoms with E-state index in [2.05, 4.69) is 5.32 Å². The number of methoxy groups -OCH3 is 2. The fourth-order valence-electron chi connectivity index (χ4n) is 3.35. The SMILES string of the molecule is COc1ccc(OC)c(NC(=O)CN(c2ccc(S(=O)(=O)N3CCOCC3)cc2)S(C)(=O)=O)c1. The first kappa shape index (κ1) is 25.7. The largest absolute Gasteiger partial charge is 0.497 e. The van der Waals surface area contributed by atoms with Crippen LogP contribution in [0.15, 0.2) is 47.4 Å². The number of nitrogens with one attached hydrogen (secondary N) is 1. The highest BCUT2D eigenvalue weighted by Crippen LogP contribution is 2.29. The van der Waals surface area contributed by atoms with Crippen LogP contribution in [-0.4, -0.2) is 80.4 Å². The number of sulfonamides is 2. The fraction of sp³-hybridized carbons (Fsp3) is 0.381. The summed E-state index contributed by atoms with van der Waals surface area (Å²) >= 11 is 0. The van der Waals surface area contributed by atoms with E-state index < -0.39 is 32.5 Å². The molecule has 11 nitrogen and oxygen atoms in total. The molecule has 1 fully saturated rings. The molecule has 0 radical (unpaired) electrons. The maximum atomic E-state index is 12.8. The predicted octanol–water partition coefficient (Wildman–Crippen LogP) is 1.13. The molecule has 0 unspecified atom stereocenters. The summed E-state index contributed by atoms with van der Waals surface area (Å²) in [5.74, 6) is 0.229. The van der Waals surface area contributed by atoms with Gasteiger partial charge >= 0.3 is 0 Å². The standard InChI is InChI=1S/C21H27N3O8S2/c1-30-17-6-9-20(31-2)19(14-17)22-21(25)15-24(33(3,26)27)16-4-7-18(8-5-16)34(28,29)23-10-12-32-13-11-23/h4-9,14H,10-13,15H2,1-3H3,(H,22,25). The van der Waals surface area contributed by atoms with E-state index in [0.717, 1.165) is 10.6 Å². The number of carbonyl (C=O) groups is 1. The molecule has 0 bridgehead atoms. The van der Waals surface area contributed by atoms with Gasteiger partial charge in [-0.05, 0) is 36.4 Å². The minimum Gasteiger partial charge on any atom is -0.497 e. The van der Waals surface area contributed by atoms with E-state index in [1.165, 1.54) is 42.8 Å². The summed E-state index contributed by atoms with van der Waals surface area (Å²) in [6, 6.07) is 10.2. The van der Waals surface area contributed by atoms with Gasteiger partial charge in [0.15, 0.2) is 0 Å². The third-order valence-corrected chi connectivity index (χ3v) is 8.15. The molecule has 1 amide bonds. The molecule has 186 valence electrons. The molecule has 3 rings (SSSR count). The van der Waals surface area contributed by atoms with Crippen molar-refractivity contribution in [2.45, 2.75) is 4.90 Å². The average molecular weight is 514 g/mol. The van der Waals surface area contributed by atoms with Gasteiger partial charge in [-0.25, -0.2) is 16.8 Å². The number of rotatable bonds is 9. The Kier molecular flexibility index (Phi) is 8.02. The van der Waals surface area contributed by atoms with E-state index >= 15 is 0 Å². The summed E-state index contributed by atoms with van der Waals surface area (Å²) < 4.78 is 68.3. The molecular formula is C21H27N3O8S2. The van der Waals surface area contributed by atoms with Crippen molar-refractivity contribution in [3.8, 4) is 11.5 Å². The summed E-state index contributed by atoms with van der Waals surface area (Å²) in [4.78, 5) is 12.7. The molecule has 34 heavy (non-hydrogen) atoms. The average Bonchev–Trinajstić information content (AvgIpc) is 2.82. The Labute approximate surface area is 199 Å². The van der Waals surface area contributed by atoms with Gasteiger partial charge in [0.05, 0.1) is 50.0 Å². The van der Waals surface area contributed by atoms with Gasteiger partial charge < -0.3 is 19.5 Å². The van der Waals surface area contributed by atoms with Crippen LogP contribution in [0.2, 0.25) is 0 Å². The number of hydrogen-bond donors (Lipinski definition) is 1. The van der Waals surface area contributed by atoms with Crippen LogP contribution in [-0.2, 0) is 29.6 Å². The molecule has 2 aromatic carbocycles. The number of morpholine rings is 1. The van der Waals surface area contributed by atoms with Gasteiger partial charge in [-0.1, -0.05) is 0 Å². The summed E-state index contributed by atoms with van der Waals surface area (Å²) in [5.41, 5.74) is 0.462. The quantitative estimate of drug-likeness (QED) is 0.528. The van der Waals surface area contributed by atoms with Crippen LogP contribution in [0.25, 0.3) is 0 Å². The zero-order valence-corrected chi connectivity index (χ0v) is 20.7. The highest BCUT2D eigenvalue weighted by atomic mass is 32.2. The van der Waals surface area contributed by atoms with Crippen LogP contribution in [0.5, 0.6) is 11.5 Å². The molecule has 0 spiro atoms. The second-order valence-corrected chi connectivity index (χ2v) is 11.2. The lowest BCUT2D eigenvalue weighted by atomic mass is 10.2. The first-order valence-electron chi connectivity index (χ1n) is 10.2. The molecule has 0 saturated carbocycles. The van der Waals surface area contributed by atoms with Crippen LogP contribution in [0.3, 0.4) is 0 Å². The van der Waals surface area contributed by atoms with Crippen LogP contribution >= 0.6 is 0 Å². The maximum Gasteiger partial charge on any atom is 0.245 e. The Hall–Kier alpha value is -2.87. The maximum absolute atomic E-state index is 12.8. The third kappa shape index (κ3) is 5.97. The van der Waals surface area contributed by atoms with Gasteiger partial charge in [-0.15, -0.1) is 0 Å². The molecule has 1 heterocycles. The van der Waals surface area contributed by atoms with Crippen molar-refractivity contribution in [3.05, 3.63) is 42.5 Å². The van der Waals surface area contributed by atoms with Gasteiger partial charge in [0.1, 0.15) is 18.0 Å². The molecule has 0 aromatic heterocycles. The molecule has 13 heteroatoms. The molecule has 0 atom stereocenters. The molecule has 0 aliphatic carbocycles. The monoisotopic (exact) mass is 513 g/mol. The third-order valence-electron chi connectivity index (χ3n) is 5.10. The van der Waals surface area contributed by atoms with Crippen LogP contribution in [0.1, 0.15) is 0 Å². The number of benzene rings is 2. The Morgan fingerprint density at radius 1 is 1.03 bits per heavy atom. The van der Waals surface area contributed by atoms with Crippen molar-refractivity contribution < 1.29 is 35.8 Å². The van der Waals surface area contributed by atoms with E-state index in [1.807, 2.05) is 0 Å². The van der Waals surface area contributed by atoms with Crippen LogP contribution < -0.4 is 19.1 Å². The molecular weight excluding hydrogens is 486 g/mol. The van der Waals surface area contributed by atoms with Gasteiger partial charge in [-0.3, -0.25) is 9.10 Å². The molecule has 1 saturated heterocycles. The number of nitrogens with zero attached hydrogens (tertiary/aromatic N) is 2. The van der Waals surface area contributed by atoms with Crippen molar-refractivity contribution in [2.24, 2.45) is 0 Å². The van der Waals surface area contributed by atoms with Crippen molar-refractivity contribution in [1.82, 2.24) is 4.31 Å². The van der Waals surface area contributed by atoms with Crippen molar-refractivity contribution in [3.63, 3.8) is 0 Å². The zero-order valence-electron chi connectivity index (χ0n) is 19.1. The van der Waals surface area contributed by atoms with E-state index in [-0.39, 0.29) is 23.7 Å². The predicted molar refractivity (Wildman–Crippen MR) is 126 cm³/mol. The molecule has 1 aliphatic heterocycles. The van der Waals surface area contributed by atoms with Gasteiger partial charge in [0.25, 0.3) is 0 Å². The van der Waals surface area contributed by atoms with Crippen molar-refractivity contribution in [1.29, 1.82) is 0 Å². The van der Waals surface area contributed by atoms with Crippen molar-refractivity contribution in [2.75, 3.05) is 62.9 Å². The lowest BCUT2D eigenvalue weighted by Gasteiger charge is -2.26. The van der Waals surface area contributed by atoms with Gasteiger partial charge in [0.2, 0.25) is 26.0 Å². The number of carbonyl (C=O) groups excluding carboxylic acids is 1. The van der Waals surface area contributed by atoms with Crippen LogP contribution in [0, 0.1) is 0 Å². The van der Waals surface area contributed by atoms with E-state index in [9.17, 15) is 21.6 Å². The fourth-order valence-corrected chi connectivity index (χ4v) is 5.62. The number of hydrogen-bond acceptors (Lipinski definition) is 8. The summed E-state index contributed by atoms with van der Waals surface area (Å²) in [6.07, 6.45) is 0.963. The van der Waals surface area contributed by atoms with Crippen LogP contribution in [0.4, 0.5) is 11.4 Å². The van der Waals surface area contributed by atoms with E-state index in [4.69, 9.17) is 14.2 Å². The molecule has 2 aromatic rings. The summed E-state index contributed by atoms with van der Waals surface area (Å²) in [6.45, 7) is 0.578. The lowest BCUT2D eigenvalue weighted by Crippen LogP contribution is -2.40. The van der Waals surface area contributed by atoms with E-state index in [0.29, 0.717) is 30.4 Å².